The lowest BCUT2D eigenvalue weighted by Crippen LogP contribution is -2.24. The van der Waals surface area contributed by atoms with E-state index in [1.165, 1.54) is 17.1 Å². The number of rotatable bonds is 1. The fraction of sp³-hybridized carbons (Fsp3) is 0.143. The largest absolute Gasteiger partial charge is 0.314 e. The van der Waals surface area contributed by atoms with Gasteiger partial charge in [-0.1, -0.05) is 6.07 Å². The topological polar surface area (TPSA) is 29.3 Å². The summed E-state index contributed by atoms with van der Waals surface area (Å²) in [5, 5.41) is 1.36. The Morgan fingerprint density at radius 2 is 2.20 bits per heavy atom. The molecule has 0 spiro atoms. The fourth-order valence-corrected chi connectivity index (χ4v) is 0.696. The average molecular weight is 140 g/mol. The Bertz CT molecular complexity index is 223. The van der Waals surface area contributed by atoms with Gasteiger partial charge in [0.25, 0.3) is 0 Å². The lowest BCUT2D eigenvalue weighted by Gasteiger charge is -2.10. The SMILES string of the molecule is CN(N)c1cccc(F)c1. The van der Waals surface area contributed by atoms with E-state index < -0.39 is 0 Å². The molecule has 0 atom stereocenters. The molecule has 0 radical (unpaired) electrons. The van der Waals surface area contributed by atoms with Crippen molar-refractivity contribution in [2.75, 3.05) is 12.1 Å². The molecular formula is C7H9FN2. The molecule has 2 N–H and O–H groups in total. The van der Waals surface area contributed by atoms with E-state index in [2.05, 4.69) is 0 Å². The van der Waals surface area contributed by atoms with Crippen molar-refractivity contribution in [1.82, 2.24) is 0 Å². The average Bonchev–Trinajstić information content (AvgIpc) is 1.88. The molecule has 0 fully saturated rings. The molecule has 0 unspecified atom stereocenters. The Balaban J connectivity index is 2.96. The zero-order chi connectivity index (χ0) is 7.56. The van der Waals surface area contributed by atoms with Crippen LogP contribution in [0, 0.1) is 5.82 Å². The molecular weight excluding hydrogens is 131 g/mol. The minimum Gasteiger partial charge on any atom is -0.314 e. The number of halogens is 1. The number of anilines is 1. The first-order chi connectivity index (χ1) is 4.70. The van der Waals surface area contributed by atoms with Gasteiger partial charge in [-0.3, -0.25) is 0 Å². The number of hydrogen-bond donors (Lipinski definition) is 1. The molecule has 3 heteroatoms. The van der Waals surface area contributed by atoms with E-state index in [0.717, 1.165) is 0 Å². The quantitative estimate of drug-likeness (QED) is 0.468. The molecule has 0 bridgehead atoms. The van der Waals surface area contributed by atoms with Gasteiger partial charge in [-0.15, -0.1) is 0 Å². The van der Waals surface area contributed by atoms with Crippen molar-refractivity contribution in [3.63, 3.8) is 0 Å². The third-order valence-electron chi connectivity index (χ3n) is 1.22. The highest BCUT2D eigenvalue weighted by atomic mass is 19.1. The molecule has 0 heterocycles. The van der Waals surface area contributed by atoms with Crippen LogP contribution in [0.3, 0.4) is 0 Å². The summed E-state index contributed by atoms with van der Waals surface area (Å²) in [5.41, 5.74) is 0.667. The first-order valence-electron chi connectivity index (χ1n) is 2.94. The summed E-state index contributed by atoms with van der Waals surface area (Å²) in [5.74, 6) is 5.08. The van der Waals surface area contributed by atoms with E-state index in [1.54, 1.807) is 19.2 Å². The fourth-order valence-electron chi connectivity index (χ4n) is 0.696. The minimum absolute atomic E-state index is 0.269. The number of nitrogens with two attached hydrogens (primary N) is 1. The van der Waals surface area contributed by atoms with Crippen LogP contribution >= 0.6 is 0 Å². The molecule has 54 valence electrons. The van der Waals surface area contributed by atoms with E-state index in [9.17, 15) is 4.39 Å². The lowest BCUT2D eigenvalue weighted by atomic mass is 10.3. The molecule has 0 saturated carbocycles. The second-order valence-corrected chi connectivity index (χ2v) is 2.09. The summed E-state index contributed by atoms with van der Waals surface area (Å²) in [6.07, 6.45) is 0. The Morgan fingerprint density at radius 3 is 2.60 bits per heavy atom. The molecule has 1 aromatic carbocycles. The van der Waals surface area contributed by atoms with Crippen molar-refractivity contribution in [1.29, 1.82) is 0 Å². The van der Waals surface area contributed by atoms with Crippen LogP contribution in [0.1, 0.15) is 0 Å². The molecule has 0 aliphatic rings. The normalized spacial score (nSPS) is 9.50. The maximum Gasteiger partial charge on any atom is 0.125 e. The third kappa shape index (κ3) is 1.45. The highest BCUT2D eigenvalue weighted by molar-refractivity contribution is 5.43. The maximum absolute atomic E-state index is 12.4. The minimum atomic E-state index is -0.269. The summed E-state index contributed by atoms with van der Waals surface area (Å²) in [4.78, 5) is 0. The predicted molar refractivity (Wildman–Crippen MR) is 39.0 cm³/mol. The van der Waals surface area contributed by atoms with E-state index in [1.807, 2.05) is 0 Å². The van der Waals surface area contributed by atoms with Crippen LogP contribution in [-0.2, 0) is 0 Å². The number of hydrazine groups is 1. The Labute approximate surface area is 59.0 Å². The number of benzene rings is 1. The van der Waals surface area contributed by atoms with Crippen molar-refractivity contribution in [3.05, 3.63) is 30.1 Å². The Hall–Kier alpha value is -1.09. The monoisotopic (exact) mass is 140 g/mol. The van der Waals surface area contributed by atoms with Crippen LogP contribution < -0.4 is 10.9 Å². The van der Waals surface area contributed by atoms with E-state index in [0.29, 0.717) is 5.69 Å². The van der Waals surface area contributed by atoms with Gasteiger partial charge in [0.05, 0.1) is 5.69 Å². The van der Waals surface area contributed by atoms with Crippen LogP contribution in [0.25, 0.3) is 0 Å². The van der Waals surface area contributed by atoms with Gasteiger partial charge in [-0.25, -0.2) is 10.2 Å². The second kappa shape index (κ2) is 2.66. The van der Waals surface area contributed by atoms with Gasteiger partial charge in [0.15, 0.2) is 0 Å². The zero-order valence-electron chi connectivity index (χ0n) is 5.71. The summed E-state index contributed by atoms with van der Waals surface area (Å²) in [6, 6.07) is 6.12. The molecule has 1 rings (SSSR count). The number of hydrogen-bond acceptors (Lipinski definition) is 2. The molecule has 1 aromatic rings. The molecule has 0 saturated heterocycles. The van der Waals surface area contributed by atoms with Crippen molar-refractivity contribution >= 4 is 5.69 Å². The molecule has 0 amide bonds. The van der Waals surface area contributed by atoms with Gasteiger partial charge < -0.3 is 5.01 Å². The number of nitrogens with zero attached hydrogens (tertiary/aromatic N) is 1. The van der Waals surface area contributed by atoms with Crippen molar-refractivity contribution < 1.29 is 4.39 Å². The van der Waals surface area contributed by atoms with Crippen molar-refractivity contribution in [3.8, 4) is 0 Å². The standard InChI is InChI=1S/C7H9FN2/c1-10(9)7-4-2-3-6(8)5-7/h2-5H,9H2,1H3. The van der Waals surface area contributed by atoms with Gasteiger partial charge in [0.1, 0.15) is 5.82 Å². The predicted octanol–water partition coefficient (Wildman–Crippen LogP) is 1.14. The van der Waals surface area contributed by atoms with Crippen molar-refractivity contribution in [2.24, 2.45) is 5.84 Å². The van der Waals surface area contributed by atoms with Gasteiger partial charge in [0, 0.05) is 7.05 Å². The Kier molecular flexibility index (Phi) is 1.87. The smallest absolute Gasteiger partial charge is 0.125 e. The summed E-state index contributed by atoms with van der Waals surface area (Å²) >= 11 is 0. The highest BCUT2D eigenvalue weighted by Crippen LogP contribution is 2.09. The van der Waals surface area contributed by atoms with E-state index in [-0.39, 0.29) is 5.82 Å². The van der Waals surface area contributed by atoms with E-state index >= 15 is 0 Å². The molecule has 0 aliphatic heterocycles. The molecule has 2 nitrogen and oxygen atoms in total. The Morgan fingerprint density at radius 1 is 1.50 bits per heavy atom. The van der Waals surface area contributed by atoms with Gasteiger partial charge in [-0.05, 0) is 18.2 Å². The van der Waals surface area contributed by atoms with Gasteiger partial charge in [-0.2, -0.15) is 0 Å². The molecule has 0 aliphatic carbocycles. The van der Waals surface area contributed by atoms with Crippen LogP contribution in [0.2, 0.25) is 0 Å². The van der Waals surface area contributed by atoms with Crippen molar-refractivity contribution in [2.45, 2.75) is 0 Å². The van der Waals surface area contributed by atoms with Crippen LogP contribution in [0.5, 0.6) is 0 Å². The lowest BCUT2D eigenvalue weighted by molar-refractivity contribution is 0.627. The van der Waals surface area contributed by atoms with Gasteiger partial charge >= 0.3 is 0 Å². The summed E-state index contributed by atoms with van der Waals surface area (Å²) in [7, 11) is 1.66. The second-order valence-electron chi connectivity index (χ2n) is 2.09. The van der Waals surface area contributed by atoms with E-state index in [4.69, 9.17) is 5.84 Å². The zero-order valence-corrected chi connectivity index (χ0v) is 5.71. The summed E-state index contributed by atoms with van der Waals surface area (Å²) < 4.78 is 12.4. The maximum atomic E-state index is 12.4. The summed E-state index contributed by atoms with van der Waals surface area (Å²) in [6.45, 7) is 0. The molecule has 10 heavy (non-hydrogen) atoms. The highest BCUT2D eigenvalue weighted by Gasteiger charge is 1.94. The first kappa shape index (κ1) is 7.02. The first-order valence-corrected chi connectivity index (χ1v) is 2.94. The third-order valence-corrected chi connectivity index (χ3v) is 1.22. The molecule has 0 aromatic heterocycles. The van der Waals surface area contributed by atoms with Crippen LogP contribution in [-0.4, -0.2) is 7.05 Å². The van der Waals surface area contributed by atoms with Crippen LogP contribution in [0.15, 0.2) is 24.3 Å². The van der Waals surface area contributed by atoms with Gasteiger partial charge in [0.2, 0.25) is 0 Å². The van der Waals surface area contributed by atoms with Crippen LogP contribution in [0.4, 0.5) is 10.1 Å².